The van der Waals surface area contributed by atoms with Crippen molar-refractivity contribution in [1.82, 2.24) is 0 Å². The fraction of sp³-hybridized carbons (Fsp3) is 0.333. The first kappa shape index (κ1) is 20.2. The molecule has 0 aliphatic heterocycles. The number of nitrogens with zero attached hydrogens (tertiary/aromatic N) is 3. The van der Waals surface area contributed by atoms with E-state index < -0.39 is 0 Å². The van der Waals surface area contributed by atoms with E-state index in [-0.39, 0.29) is 24.7 Å². The van der Waals surface area contributed by atoms with E-state index in [1.807, 2.05) is 43.0 Å². The number of likely N-dealkylation sites (N-methyl/N-ethyl adjacent to an activating group) is 1. The lowest BCUT2D eigenvalue weighted by atomic mass is 10.2. The number of carbonyl (C=O) groups excluding carboxylic acids is 1. The number of halogens is 1. The minimum atomic E-state index is -0.314. The molecule has 0 bridgehead atoms. The molecule has 0 unspecified atom stereocenters. The van der Waals surface area contributed by atoms with Crippen LogP contribution in [0, 0.1) is 17.1 Å². The van der Waals surface area contributed by atoms with Gasteiger partial charge in [0.25, 0.3) is 0 Å². The smallest absolute Gasteiger partial charge is 0.246 e. The quantitative estimate of drug-likeness (QED) is 0.670. The van der Waals surface area contributed by atoms with Gasteiger partial charge in [0, 0.05) is 24.5 Å². The lowest BCUT2D eigenvalue weighted by Crippen LogP contribution is -2.41. The normalized spacial score (nSPS) is 10.1. The van der Waals surface area contributed by atoms with Crippen LogP contribution in [0.25, 0.3) is 0 Å². The first-order valence-electron chi connectivity index (χ1n) is 8.99. The Hall–Kier alpha value is -3.07. The van der Waals surface area contributed by atoms with Crippen LogP contribution in [0.15, 0.2) is 48.5 Å². The molecule has 5 nitrogen and oxygen atoms in total. The van der Waals surface area contributed by atoms with E-state index in [2.05, 4.69) is 6.07 Å². The average molecular weight is 369 g/mol. The fourth-order valence-electron chi connectivity index (χ4n) is 2.73. The molecule has 0 saturated heterocycles. The Bertz CT molecular complexity index is 770. The van der Waals surface area contributed by atoms with E-state index in [0.717, 1.165) is 11.4 Å². The molecule has 2 rings (SSSR count). The maximum absolute atomic E-state index is 13.2. The number of benzene rings is 2. The van der Waals surface area contributed by atoms with Gasteiger partial charge in [0.2, 0.25) is 5.91 Å². The molecular formula is C21H24FN3O2. The second-order valence-electron chi connectivity index (χ2n) is 5.87. The average Bonchev–Trinajstić information content (AvgIpc) is 2.68. The van der Waals surface area contributed by atoms with Gasteiger partial charge in [-0.2, -0.15) is 5.26 Å². The Morgan fingerprint density at radius 2 is 1.70 bits per heavy atom. The molecule has 27 heavy (non-hydrogen) atoms. The highest BCUT2D eigenvalue weighted by Crippen LogP contribution is 2.21. The van der Waals surface area contributed by atoms with E-state index in [0.29, 0.717) is 25.4 Å². The third-order valence-corrected chi connectivity index (χ3v) is 4.11. The van der Waals surface area contributed by atoms with Crippen molar-refractivity contribution in [2.45, 2.75) is 20.3 Å². The monoisotopic (exact) mass is 369 g/mol. The molecule has 1 amide bonds. The Morgan fingerprint density at radius 1 is 1.07 bits per heavy atom. The zero-order valence-corrected chi connectivity index (χ0v) is 15.7. The molecule has 0 fully saturated rings. The van der Waals surface area contributed by atoms with Gasteiger partial charge >= 0.3 is 0 Å². The minimum Gasteiger partial charge on any atom is -0.494 e. The summed E-state index contributed by atoms with van der Waals surface area (Å²) in [6, 6.07) is 15.4. The van der Waals surface area contributed by atoms with E-state index in [4.69, 9.17) is 10.00 Å². The van der Waals surface area contributed by atoms with E-state index >= 15 is 0 Å². The van der Waals surface area contributed by atoms with Gasteiger partial charge in [0.05, 0.1) is 25.6 Å². The van der Waals surface area contributed by atoms with Crippen LogP contribution in [0.5, 0.6) is 5.75 Å². The van der Waals surface area contributed by atoms with E-state index in [9.17, 15) is 9.18 Å². The highest BCUT2D eigenvalue weighted by molar-refractivity contribution is 5.96. The number of rotatable bonds is 9. The van der Waals surface area contributed by atoms with Crippen LogP contribution in [0.2, 0.25) is 0 Å². The summed E-state index contributed by atoms with van der Waals surface area (Å²) in [5.41, 5.74) is 1.49. The van der Waals surface area contributed by atoms with E-state index in [1.165, 1.54) is 12.1 Å². The summed E-state index contributed by atoms with van der Waals surface area (Å²) in [6.07, 6.45) is 0.238. The van der Waals surface area contributed by atoms with Crippen LogP contribution >= 0.6 is 0 Å². The van der Waals surface area contributed by atoms with Crippen molar-refractivity contribution in [3.63, 3.8) is 0 Å². The van der Waals surface area contributed by atoms with Crippen molar-refractivity contribution >= 4 is 17.3 Å². The van der Waals surface area contributed by atoms with Crippen molar-refractivity contribution in [3.05, 3.63) is 54.3 Å². The van der Waals surface area contributed by atoms with Crippen molar-refractivity contribution < 1.29 is 13.9 Å². The summed E-state index contributed by atoms with van der Waals surface area (Å²) in [4.78, 5) is 16.4. The first-order valence-corrected chi connectivity index (χ1v) is 8.99. The second kappa shape index (κ2) is 10.2. The zero-order chi connectivity index (χ0) is 19.6. The number of hydrogen-bond donors (Lipinski definition) is 0. The fourth-order valence-corrected chi connectivity index (χ4v) is 2.73. The third-order valence-electron chi connectivity index (χ3n) is 4.11. The molecule has 142 valence electrons. The Balaban J connectivity index is 2.17. The van der Waals surface area contributed by atoms with Crippen molar-refractivity contribution in [2.24, 2.45) is 0 Å². The molecule has 2 aromatic rings. The van der Waals surface area contributed by atoms with Crippen LogP contribution < -0.4 is 14.5 Å². The standard InChI is InChI=1S/C21H24FN3O2/c1-3-24(18-8-6-17(22)7-9-18)16-21(26)25(15-5-14-23)19-10-12-20(13-11-19)27-4-2/h6-13H,3-5,15-16H2,1-2H3. The summed E-state index contributed by atoms with van der Waals surface area (Å²) in [7, 11) is 0. The summed E-state index contributed by atoms with van der Waals surface area (Å²) in [5.74, 6) is 0.294. The van der Waals surface area contributed by atoms with Gasteiger partial charge in [0.1, 0.15) is 11.6 Å². The van der Waals surface area contributed by atoms with Crippen molar-refractivity contribution in [1.29, 1.82) is 5.26 Å². The van der Waals surface area contributed by atoms with Gasteiger partial charge in [-0.15, -0.1) is 0 Å². The van der Waals surface area contributed by atoms with Gasteiger partial charge in [-0.3, -0.25) is 4.79 Å². The van der Waals surface area contributed by atoms with Gasteiger partial charge < -0.3 is 14.5 Å². The predicted molar refractivity (Wildman–Crippen MR) is 104 cm³/mol. The largest absolute Gasteiger partial charge is 0.494 e. The predicted octanol–water partition coefficient (Wildman–Crippen LogP) is 4.00. The molecule has 0 atom stereocenters. The first-order chi connectivity index (χ1) is 13.1. The van der Waals surface area contributed by atoms with E-state index in [1.54, 1.807) is 17.0 Å². The number of anilines is 2. The van der Waals surface area contributed by atoms with Crippen LogP contribution in [0.3, 0.4) is 0 Å². The second-order valence-corrected chi connectivity index (χ2v) is 5.87. The molecular weight excluding hydrogens is 345 g/mol. The summed E-state index contributed by atoms with van der Waals surface area (Å²) >= 11 is 0. The topological polar surface area (TPSA) is 56.6 Å². The molecule has 0 aliphatic rings. The zero-order valence-electron chi connectivity index (χ0n) is 15.7. The third kappa shape index (κ3) is 5.71. The molecule has 0 radical (unpaired) electrons. The highest BCUT2D eigenvalue weighted by Gasteiger charge is 2.19. The van der Waals surface area contributed by atoms with Crippen LogP contribution in [0.1, 0.15) is 20.3 Å². The lowest BCUT2D eigenvalue weighted by Gasteiger charge is -2.28. The van der Waals surface area contributed by atoms with Gasteiger partial charge in [-0.25, -0.2) is 4.39 Å². The number of carbonyl (C=O) groups is 1. The molecule has 0 saturated carbocycles. The van der Waals surface area contributed by atoms with Crippen LogP contribution in [-0.4, -0.2) is 32.1 Å². The molecule has 0 spiro atoms. The van der Waals surface area contributed by atoms with Crippen LogP contribution in [-0.2, 0) is 4.79 Å². The summed E-state index contributed by atoms with van der Waals surface area (Å²) < 4.78 is 18.6. The Morgan fingerprint density at radius 3 is 2.26 bits per heavy atom. The highest BCUT2D eigenvalue weighted by atomic mass is 19.1. The molecule has 0 N–H and O–H groups in total. The molecule has 0 heterocycles. The van der Waals surface area contributed by atoms with Crippen molar-refractivity contribution in [2.75, 3.05) is 36.0 Å². The van der Waals surface area contributed by atoms with Crippen molar-refractivity contribution in [3.8, 4) is 11.8 Å². The number of nitriles is 1. The number of hydrogen-bond acceptors (Lipinski definition) is 4. The number of ether oxygens (including phenoxy) is 1. The Labute approximate surface area is 159 Å². The van der Waals surface area contributed by atoms with Gasteiger partial charge in [-0.05, 0) is 62.4 Å². The van der Waals surface area contributed by atoms with Gasteiger partial charge in [-0.1, -0.05) is 0 Å². The minimum absolute atomic E-state index is 0.124. The summed E-state index contributed by atoms with van der Waals surface area (Å²) in [5, 5.41) is 8.94. The SMILES string of the molecule is CCOc1ccc(N(CCC#N)C(=O)CN(CC)c2ccc(F)cc2)cc1. The molecule has 2 aromatic carbocycles. The number of amides is 1. The molecule has 0 aromatic heterocycles. The van der Waals surface area contributed by atoms with Gasteiger partial charge in [0.15, 0.2) is 0 Å². The molecule has 6 heteroatoms. The maximum Gasteiger partial charge on any atom is 0.246 e. The molecule has 0 aliphatic carbocycles. The Kier molecular flexibility index (Phi) is 7.63. The summed E-state index contributed by atoms with van der Waals surface area (Å²) in [6.45, 7) is 5.47. The lowest BCUT2D eigenvalue weighted by molar-refractivity contribution is -0.117. The van der Waals surface area contributed by atoms with Crippen LogP contribution in [0.4, 0.5) is 15.8 Å². The maximum atomic E-state index is 13.2.